The lowest BCUT2D eigenvalue weighted by atomic mass is 9.95. The number of ketones is 1. The lowest BCUT2D eigenvalue weighted by Crippen LogP contribution is -2.39. The Kier molecular flexibility index (Phi) is 9.21. The van der Waals surface area contributed by atoms with Crippen LogP contribution in [0.15, 0.2) is 35.3 Å². The summed E-state index contributed by atoms with van der Waals surface area (Å²) in [6.07, 6.45) is 3.37. The number of Topliss-reactive ketones (excluding diaryl/α,β-unsaturated/α-hetero) is 1. The molecule has 250 valence electrons. The highest BCUT2D eigenvalue weighted by molar-refractivity contribution is 7.15. The molecule has 2 aliphatic rings. The Balaban J connectivity index is 1.34. The van der Waals surface area contributed by atoms with Crippen molar-refractivity contribution in [1.82, 2.24) is 19.2 Å². The molecule has 0 spiro atoms. The molecule has 10 heteroatoms. The average Bonchev–Trinajstić information content (AvgIpc) is 3.63. The maximum atomic E-state index is 13.9. The summed E-state index contributed by atoms with van der Waals surface area (Å²) in [5.74, 6) is 0.0383. The maximum Gasteiger partial charge on any atom is 0.410 e. The molecule has 1 amide bonds. The fourth-order valence-corrected chi connectivity index (χ4v) is 8.17. The number of nitrogens with zero attached hydrogens (tertiary/aromatic N) is 3. The zero-order chi connectivity index (χ0) is 33.6. The fourth-order valence-electron chi connectivity index (χ4n) is 6.96. The number of nitrogens with one attached hydrogen (secondary N) is 1. The number of morpholine rings is 1. The predicted molar refractivity (Wildman–Crippen MR) is 186 cm³/mol. The largest absolute Gasteiger partial charge is 0.444 e. The second-order valence-corrected chi connectivity index (χ2v) is 15.1. The highest BCUT2D eigenvalue weighted by Gasteiger charge is 2.29. The Labute approximate surface area is 280 Å². The number of aromatic amines is 1. The van der Waals surface area contributed by atoms with Gasteiger partial charge in [0.1, 0.15) is 5.60 Å². The van der Waals surface area contributed by atoms with E-state index < -0.39 is 5.60 Å². The van der Waals surface area contributed by atoms with Crippen LogP contribution in [0.1, 0.15) is 89.0 Å². The summed E-state index contributed by atoms with van der Waals surface area (Å²) in [6, 6.07) is 8.47. The standard InChI is InChI=1S/C37H46N4O5S/c1-22-16-23(2)38-35(43)29(22)8-9-31(42)30-19-28-17-27(20-41(28)34(24(30)3)25(4)39-12-14-45-15-13-39)32-18-26-10-11-40(21-33(26)47-32)36(44)46-37(5,6)7/h16-20,25H,8-15,21H2,1-7H3,(H,38,43). The van der Waals surface area contributed by atoms with Crippen molar-refractivity contribution in [3.05, 3.63) is 84.9 Å². The van der Waals surface area contributed by atoms with Gasteiger partial charge < -0.3 is 23.8 Å². The van der Waals surface area contributed by atoms with Crippen LogP contribution in [0.5, 0.6) is 0 Å². The van der Waals surface area contributed by atoms with Crippen molar-refractivity contribution in [3.8, 4) is 10.4 Å². The second kappa shape index (κ2) is 13.1. The van der Waals surface area contributed by atoms with Crippen molar-refractivity contribution in [2.45, 2.75) is 85.9 Å². The molecular formula is C37H46N4O5S. The number of carbonyl (C=O) groups excluding carboxylic acids is 2. The van der Waals surface area contributed by atoms with Crippen LogP contribution < -0.4 is 5.56 Å². The zero-order valence-corrected chi connectivity index (χ0v) is 29.4. The number of amides is 1. The van der Waals surface area contributed by atoms with Gasteiger partial charge in [-0.3, -0.25) is 14.5 Å². The quantitative estimate of drug-likeness (QED) is 0.220. The molecule has 0 bridgehead atoms. The summed E-state index contributed by atoms with van der Waals surface area (Å²) in [4.78, 5) is 48.8. The molecule has 1 N–H and O–H groups in total. The molecule has 47 heavy (non-hydrogen) atoms. The van der Waals surface area contributed by atoms with E-state index in [1.54, 1.807) is 16.2 Å². The summed E-state index contributed by atoms with van der Waals surface area (Å²) in [6.45, 7) is 18.0. The molecule has 1 unspecified atom stereocenters. The maximum absolute atomic E-state index is 13.9. The molecule has 1 fully saturated rings. The molecule has 0 aliphatic carbocycles. The molecule has 0 radical (unpaired) electrons. The van der Waals surface area contributed by atoms with Gasteiger partial charge in [0.2, 0.25) is 0 Å². The summed E-state index contributed by atoms with van der Waals surface area (Å²) in [5, 5.41) is 0. The highest BCUT2D eigenvalue weighted by atomic mass is 32.1. The second-order valence-electron chi connectivity index (χ2n) is 14.0. The molecule has 6 heterocycles. The minimum atomic E-state index is -0.532. The Morgan fingerprint density at radius 1 is 1.06 bits per heavy atom. The van der Waals surface area contributed by atoms with E-state index in [9.17, 15) is 14.4 Å². The molecule has 2 aliphatic heterocycles. The van der Waals surface area contributed by atoms with Gasteiger partial charge >= 0.3 is 6.09 Å². The number of carbonyl (C=O) groups is 2. The lowest BCUT2D eigenvalue weighted by molar-refractivity contribution is 0.0187. The average molecular weight is 659 g/mol. The number of ether oxygens (including phenoxy) is 2. The number of pyridine rings is 2. The number of hydrogen-bond donors (Lipinski definition) is 1. The fraction of sp³-hybridized carbons (Fsp3) is 0.486. The van der Waals surface area contributed by atoms with Crippen molar-refractivity contribution in [2.75, 3.05) is 32.8 Å². The van der Waals surface area contributed by atoms with E-state index in [1.165, 1.54) is 10.4 Å². The molecule has 1 saturated heterocycles. The van der Waals surface area contributed by atoms with E-state index in [0.29, 0.717) is 43.9 Å². The number of aromatic nitrogens is 2. The first-order valence-corrected chi connectivity index (χ1v) is 17.4. The summed E-state index contributed by atoms with van der Waals surface area (Å²) in [7, 11) is 0. The van der Waals surface area contributed by atoms with E-state index in [-0.39, 0.29) is 29.9 Å². The normalized spacial score (nSPS) is 16.4. The van der Waals surface area contributed by atoms with Gasteiger partial charge in [-0.25, -0.2) is 4.79 Å². The van der Waals surface area contributed by atoms with Crippen LogP contribution >= 0.6 is 11.3 Å². The number of fused-ring (bicyclic) bond motifs is 2. The molecular weight excluding hydrogens is 612 g/mol. The van der Waals surface area contributed by atoms with Gasteiger partial charge in [0.15, 0.2) is 5.78 Å². The smallest absolute Gasteiger partial charge is 0.410 e. The Bertz CT molecular complexity index is 1890. The van der Waals surface area contributed by atoms with Gasteiger partial charge in [-0.05, 0) is 102 Å². The first kappa shape index (κ1) is 33.2. The Morgan fingerprint density at radius 3 is 2.51 bits per heavy atom. The van der Waals surface area contributed by atoms with Gasteiger partial charge in [-0.2, -0.15) is 0 Å². The molecule has 9 nitrogen and oxygen atoms in total. The van der Waals surface area contributed by atoms with Crippen LogP contribution in [-0.2, 0) is 28.9 Å². The predicted octanol–water partition coefficient (Wildman–Crippen LogP) is 6.78. The van der Waals surface area contributed by atoms with Crippen molar-refractivity contribution >= 4 is 28.7 Å². The van der Waals surface area contributed by atoms with E-state index in [4.69, 9.17) is 9.47 Å². The number of aryl methyl sites for hydroxylation is 2. The lowest BCUT2D eigenvalue weighted by Gasteiger charge is -2.34. The van der Waals surface area contributed by atoms with E-state index in [1.807, 2.05) is 46.8 Å². The third kappa shape index (κ3) is 6.96. The monoisotopic (exact) mass is 658 g/mol. The summed E-state index contributed by atoms with van der Waals surface area (Å²) >= 11 is 1.72. The van der Waals surface area contributed by atoms with Gasteiger partial charge in [0.05, 0.1) is 19.8 Å². The van der Waals surface area contributed by atoms with Crippen molar-refractivity contribution in [3.63, 3.8) is 0 Å². The third-order valence-corrected chi connectivity index (χ3v) is 10.6. The van der Waals surface area contributed by atoms with Gasteiger partial charge in [0.25, 0.3) is 5.56 Å². The van der Waals surface area contributed by atoms with Crippen LogP contribution in [0.2, 0.25) is 0 Å². The van der Waals surface area contributed by atoms with E-state index in [2.05, 4.69) is 46.5 Å². The van der Waals surface area contributed by atoms with E-state index in [0.717, 1.165) is 58.0 Å². The highest BCUT2D eigenvalue weighted by Crippen LogP contribution is 2.38. The SMILES string of the molecule is Cc1cc(C)c(CCC(=O)c2cc3cc(-c4cc5c(s4)CN(C(=O)OC(C)(C)C)CC5)cn3c(C(C)N3CCOCC3)c2C)c(=O)[nH]1. The van der Waals surface area contributed by atoms with Gasteiger partial charge in [-0.15, -0.1) is 11.3 Å². The zero-order valence-electron chi connectivity index (χ0n) is 28.6. The first-order valence-electron chi connectivity index (χ1n) is 16.6. The summed E-state index contributed by atoms with van der Waals surface area (Å²) < 4.78 is 13.5. The first-order chi connectivity index (χ1) is 22.3. The molecule has 1 atom stereocenters. The van der Waals surface area contributed by atoms with E-state index >= 15 is 0 Å². The van der Waals surface area contributed by atoms with Crippen LogP contribution in [0.4, 0.5) is 4.79 Å². The number of thiophene rings is 1. The minimum absolute atomic E-state index is 0.0383. The van der Waals surface area contributed by atoms with Crippen LogP contribution in [0.3, 0.4) is 0 Å². The molecule has 4 aromatic rings. The molecule has 6 rings (SSSR count). The van der Waals surface area contributed by atoms with Gasteiger partial charge in [-0.1, -0.05) is 0 Å². The molecule has 0 saturated carbocycles. The van der Waals surface area contributed by atoms with Crippen LogP contribution in [0.25, 0.3) is 16.0 Å². The van der Waals surface area contributed by atoms with Crippen molar-refractivity contribution in [1.29, 1.82) is 0 Å². The molecule has 0 aromatic carbocycles. The van der Waals surface area contributed by atoms with Crippen LogP contribution in [-0.4, -0.2) is 69.5 Å². The van der Waals surface area contributed by atoms with Crippen molar-refractivity contribution in [2.24, 2.45) is 0 Å². The summed E-state index contributed by atoms with van der Waals surface area (Å²) in [5.41, 5.74) is 7.86. The Hall–Kier alpha value is -3.73. The van der Waals surface area contributed by atoms with Gasteiger partial charge in [0, 0.05) is 81.6 Å². The van der Waals surface area contributed by atoms with Crippen molar-refractivity contribution < 1.29 is 19.1 Å². The topological polar surface area (TPSA) is 96.3 Å². The third-order valence-electron chi connectivity index (χ3n) is 9.39. The number of rotatable bonds is 7. The number of H-pyrrole nitrogens is 1. The minimum Gasteiger partial charge on any atom is -0.444 e. The molecule has 4 aromatic heterocycles. The Morgan fingerprint density at radius 2 is 1.81 bits per heavy atom. The number of hydrogen-bond acceptors (Lipinski definition) is 7. The van der Waals surface area contributed by atoms with Crippen LogP contribution in [0, 0.1) is 20.8 Å².